The predicted molar refractivity (Wildman–Crippen MR) is 159 cm³/mol. The van der Waals surface area contributed by atoms with Crippen molar-refractivity contribution >= 4 is 30.6 Å². The van der Waals surface area contributed by atoms with Crippen molar-refractivity contribution in [2.45, 2.75) is 77.2 Å². The number of esters is 2. The number of hydrogen-bond donors (Lipinski definition) is 3. The summed E-state index contributed by atoms with van der Waals surface area (Å²) in [7, 11) is 2.69. The van der Waals surface area contributed by atoms with Crippen LogP contribution in [0.1, 0.15) is 54.8 Å². The van der Waals surface area contributed by atoms with Gasteiger partial charge in [0.05, 0.1) is 36.7 Å². The number of nitrogens with two attached hydrogens (primary N) is 1. The molecule has 1 aliphatic rings. The maximum Gasteiger partial charge on any atom is 0.338 e. The van der Waals surface area contributed by atoms with Crippen molar-refractivity contribution in [1.82, 2.24) is 0 Å². The van der Waals surface area contributed by atoms with Gasteiger partial charge in [0.15, 0.2) is 30.8 Å². The van der Waals surface area contributed by atoms with Gasteiger partial charge in [0, 0.05) is 0 Å². The summed E-state index contributed by atoms with van der Waals surface area (Å²) in [5.41, 5.74) is 0.610. The van der Waals surface area contributed by atoms with Crippen LogP contribution in [0.3, 0.4) is 0 Å². The van der Waals surface area contributed by atoms with Crippen LogP contribution in [0.15, 0.2) is 65.8 Å². The number of rotatable bonds is 10. The molecule has 0 bridgehead atoms. The fraction of sp³-hybridized carbons (Fsp3) is 0.483. The van der Waals surface area contributed by atoms with Crippen LogP contribution in [-0.2, 0) is 23.9 Å². The molecule has 0 aromatic heterocycles. The zero-order chi connectivity index (χ0) is 30.8. The SMILES string of the molecule is C.CC[C@@H](O)[C@@H](F)[C@H](C=NOC)OC(=O)c1ccccc1.CC[C@H]1OC(O)[C@H](OC(=O)c2ccccc2)[C@@H]1F.CON.Cl. The van der Waals surface area contributed by atoms with Gasteiger partial charge in [-0.3, -0.25) is 0 Å². The van der Waals surface area contributed by atoms with Crippen LogP contribution >= 0.6 is 12.4 Å². The number of ether oxygens (including phenoxy) is 3. The van der Waals surface area contributed by atoms with Crippen LogP contribution in [0, 0.1) is 0 Å². The Labute approximate surface area is 257 Å². The summed E-state index contributed by atoms with van der Waals surface area (Å²) >= 11 is 0. The lowest BCUT2D eigenvalue weighted by Gasteiger charge is -2.21. The molecule has 1 aliphatic heterocycles. The summed E-state index contributed by atoms with van der Waals surface area (Å²) < 4.78 is 42.8. The molecule has 1 heterocycles. The Bertz CT molecular complexity index is 1040. The van der Waals surface area contributed by atoms with Crippen molar-refractivity contribution < 1.29 is 52.5 Å². The zero-order valence-corrected chi connectivity index (χ0v) is 24.6. The highest BCUT2D eigenvalue weighted by Gasteiger charge is 2.46. The van der Waals surface area contributed by atoms with Gasteiger partial charge in [0.2, 0.25) is 0 Å². The molecule has 0 amide bonds. The lowest BCUT2D eigenvalue weighted by molar-refractivity contribution is -0.129. The van der Waals surface area contributed by atoms with E-state index in [-0.39, 0.29) is 26.3 Å². The number of aliphatic hydroxyl groups excluding tert-OH is 2. The van der Waals surface area contributed by atoms with Crippen LogP contribution in [0.2, 0.25) is 0 Å². The first-order chi connectivity index (χ1) is 19.6. The summed E-state index contributed by atoms with van der Waals surface area (Å²) in [5, 5.41) is 22.4. The van der Waals surface area contributed by atoms with Gasteiger partial charge in [-0.25, -0.2) is 24.3 Å². The van der Waals surface area contributed by atoms with E-state index in [1.54, 1.807) is 74.5 Å². The number of benzene rings is 2. The van der Waals surface area contributed by atoms with Gasteiger partial charge in [0.25, 0.3) is 0 Å². The molecule has 2 aromatic rings. The summed E-state index contributed by atoms with van der Waals surface area (Å²) in [6, 6.07) is 16.4. The number of alkyl halides is 2. The van der Waals surface area contributed by atoms with Gasteiger partial charge >= 0.3 is 11.9 Å². The van der Waals surface area contributed by atoms with E-state index < -0.39 is 55.0 Å². The van der Waals surface area contributed by atoms with E-state index in [1.807, 2.05) is 0 Å². The number of aliphatic hydroxyl groups is 2. The predicted octanol–water partition coefficient (Wildman–Crippen LogP) is 4.19. The molecule has 0 aliphatic carbocycles. The number of hydrogen-bond acceptors (Lipinski definition) is 11. The van der Waals surface area contributed by atoms with Gasteiger partial charge < -0.3 is 34.1 Å². The molecule has 4 N–H and O–H groups in total. The van der Waals surface area contributed by atoms with E-state index in [9.17, 15) is 28.6 Å². The minimum absolute atomic E-state index is 0. The topological polar surface area (TPSA) is 159 Å². The molecule has 0 radical (unpaired) electrons. The number of oxime groups is 1. The number of carbonyl (C=O) groups excluding carboxylic acids is 2. The minimum Gasteiger partial charge on any atom is -0.450 e. The lowest BCUT2D eigenvalue weighted by atomic mass is 10.1. The van der Waals surface area contributed by atoms with E-state index in [1.165, 1.54) is 14.2 Å². The Kier molecular flexibility index (Phi) is 22.7. The molecule has 11 nitrogen and oxygen atoms in total. The standard InChI is InChI=1S/C14H18FNO4.C13H15FO4.CH5NO.CH4.ClH/c1-3-11(17)13(15)12(9-16-19-2)20-14(18)10-7-5-4-6-8-10;1-2-9-10(14)11(13(16)17-9)18-12(15)8-6-4-3-5-7-8;1-3-2;;/h4-9,11-13,17H,3H2,1-2H3;3-7,9-11,13,16H,2H2,1H3;2H2,1H3;1H4;1H/t11-,12+,13-;9-,10-,11-,13?;;;/m11.../s1. The molecule has 7 atom stereocenters. The molecular formula is C29H43ClF2N2O9. The Morgan fingerprint density at radius 3 is 1.95 bits per heavy atom. The highest BCUT2D eigenvalue weighted by Crippen LogP contribution is 2.27. The molecule has 244 valence electrons. The second-order valence-electron chi connectivity index (χ2n) is 8.48. The minimum atomic E-state index is -1.77. The average Bonchev–Trinajstić information content (AvgIpc) is 3.27. The first-order valence-corrected chi connectivity index (χ1v) is 12.8. The molecule has 1 saturated heterocycles. The van der Waals surface area contributed by atoms with E-state index in [0.29, 0.717) is 17.5 Å². The summed E-state index contributed by atoms with van der Waals surface area (Å²) in [5.74, 6) is 2.99. The van der Waals surface area contributed by atoms with Crippen LogP contribution < -0.4 is 5.90 Å². The van der Waals surface area contributed by atoms with E-state index in [0.717, 1.165) is 6.21 Å². The Hall–Kier alpha value is -3.20. The molecule has 3 rings (SSSR count). The van der Waals surface area contributed by atoms with Crippen LogP contribution in [-0.4, -0.2) is 85.6 Å². The lowest BCUT2D eigenvalue weighted by Crippen LogP contribution is -2.38. The van der Waals surface area contributed by atoms with E-state index in [4.69, 9.17) is 14.2 Å². The van der Waals surface area contributed by atoms with Crippen molar-refractivity contribution in [2.75, 3.05) is 14.2 Å². The molecule has 0 saturated carbocycles. The monoisotopic (exact) mass is 636 g/mol. The third-order valence-electron chi connectivity index (χ3n) is 5.58. The van der Waals surface area contributed by atoms with E-state index in [2.05, 4.69) is 20.7 Å². The Balaban J connectivity index is 0. The number of nitrogens with zero attached hydrogens (tertiary/aromatic N) is 1. The molecule has 2 aromatic carbocycles. The van der Waals surface area contributed by atoms with Crippen LogP contribution in [0.25, 0.3) is 0 Å². The van der Waals surface area contributed by atoms with Gasteiger partial charge in [0.1, 0.15) is 7.11 Å². The van der Waals surface area contributed by atoms with E-state index >= 15 is 0 Å². The van der Waals surface area contributed by atoms with Gasteiger partial charge in [-0.1, -0.05) is 62.8 Å². The first kappa shape index (κ1) is 41.9. The fourth-order valence-electron chi connectivity index (χ4n) is 3.42. The highest BCUT2D eigenvalue weighted by atomic mass is 35.5. The van der Waals surface area contributed by atoms with Gasteiger partial charge in [-0.05, 0) is 37.1 Å². The summed E-state index contributed by atoms with van der Waals surface area (Å²) in [6.45, 7) is 3.37. The maximum atomic E-state index is 14.0. The third kappa shape index (κ3) is 14.2. The quantitative estimate of drug-likeness (QED) is 0.196. The third-order valence-corrected chi connectivity index (χ3v) is 5.58. The molecule has 43 heavy (non-hydrogen) atoms. The largest absolute Gasteiger partial charge is 0.450 e. The normalized spacial score (nSPS) is 20.8. The first-order valence-electron chi connectivity index (χ1n) is 12.8. The Morgan fingerprint density at radius 2 is 1.53 bits per heavy atom. The van der Waals surface area contributed by atoms with Crippen LogP contribution in [0.4, 0.5) is 8.78 Å². The molecular weight excluding hydrogens is 594 g/mol. The van der Waals surface area contributed by atoms with Gasteiger partial charge in [-0.15, -0.1) is 12.4 Å². The van der Waals surface area contributed by atoms with Crippen LogP contribution in [0.5, 0.6) is 0 Å². The average molecular weight is 637 g/mol. The summed E-state index contributed by atoms with van der Waals surface area (Å²) in [6.07, 6.45) is -7.59. The fourth-order valence-corrected chi connectivity index (χ4v) is 3.42. The zero-order valence-electron chi connectivity index (χ0n) is 23.7. The second-order valence-corrected chi connectivity index (χ2v) is 8.48. The Morgan fingerprint density at radius 1 is 1.05 bits per heavy atom. The number of halogens is 3. The van der Waals surface area contributed by atoms with Gasteiger partial charge in [-0.2, -0.15) is 0 Å². The highest BCUT2D eigenvalue weighted by molar-refractivity contribution is 5.90. The molecule has 0 spiro atoms. The van der Waals surface area contributed by atoms with Crippen molar-refractivity contribution in [3.05, 3.63) is 71.8 Å². The van der Waals surface area contributed by atoms with Crippen molar-refractivity contribution in [2.24, 2.45) is 11.1 Å². The number of carbonyl (C=O) groups is 2. The van der Waals surface area contributed by atoms with Crippen molar-refractivity contribution in [1.29, 1.82) is 0 Å². The van der Waals surface area contributed by atoms with Crippen molar-refractivity contribution in [3.8, 4) is 0 Å². The summed E-state index contributed by atoms with van der Waals surface area (Å²) in [4.78, 5) is 31.8. The smallest absolute Gasteiger partial charge is 0.338 e. The molecule has 14 heteroatoms. The maximum absolute atomic E-state index is 14.0. The molecule has 1 unspecified atom stereocenters. The van der Waals surface area contributed by atoms with Crippen molar-refractivity contribution in [3.63, 3.8) is 0 Å². The molecule has 1 fully saturated rings. The second kappa shape index (κ2) is 23.3.